The van der Waals surface area contributed by atoms with Gasteiger partial charge in [-0.1, -0.05) is 24.3 Å². The molecule has 0 aliphatic rings. The van der Waals surface area contributed by atoms with Gasteiger partial charge in [-0.2, -0.15) is 0 Å². The normalized spacial score (nSPS) is 10.5. The summed E-state index contributed by atoms with van der Waals surface area (Å²) in [6.07, 6.45) is 0. The standard InChI is InChI=1S/C17H16N4OS/c1-11-6-5-7-13(10-11)19-17(23)20-21-12(2)18-15-9-4-3-8-14(15)16(21)22/h3-10H,1-2H3,(H2,19,20,23). The number of rotatable bonds is 2. The number of fused-ring (bicyclic) bond motifs is 1. The molecule has 0 radical (unpaired) electrons. The van der Waals surface area contributed by atoms with Gasteiger partial charge in [0.2, 0.25) is 0 Å². The van der Waals surface area contributed by atoms with Crippen LogP contribution in [0.25, 0.3) is 10.9 Å². The maximum absolute atomic E-state index is 12.6. The number of hydrogen-bond acceptors (Lipinski definition) is 3. The van der Waals surface area contributed by atoms with Crippen LogP contribution in [0.4, 0.5) is 5.69 Å². The molecule has 2 aromatic carbocycles. The first-order valence-electron chi connectivity index (χ1n) is 7.17. The smallest absolute Gasteiger partial charge is 0.280 e. The largest absolute Gasteiger partial charge is 0.331 e. The van der Waals surface area contributed by atoms with Crippen molar-refractivity contribution in [1.82, 2.24) is 9.66 Å². The van der Waals surface area contributed by atoms with Crippen molar-refractivity contribution >= 4 is 33.9 Å². The molecular formula is C17H16N4OS. The van der Waals surface area contributed by atoms with Crippen LogP contribution in [0.3, 0.4) is 0 Å². The Morgan fingerprint density at radius 2 is 1.91 bits per heavy atom. The highest BCUT2D eigenvalue weighted by atomic mass is 32.1. The summed E-state index contributed by atoms with van der Waals surface area (Å²) in [7, 11) is 0. The van der Waals surface area contributed by atoms with E-state index in [1.165, 1.54) is 4.68 Å². The molecule has 1 heterocycles. The molecule has 0 atom stereocenters. The van der Waals surface area contributed by atoms with Crippen molar-refractivity contribution in [3.05, 3.63) is 70.3 Å². The van der Waals surface area contributed by atoms with Crippen LogP contribution >= 0.6 is 12.2 Å². The minimum Gasteiger partial charge on any atom is -0.331 e. The first-order chi connectivity index (χ1) is 11.0. The minimum atomic E-state index is -0.179. The maximum atomic E-state index is 12.6. The van der Waals surface area contributed by atoms with E-state index in [1.54, 1.807) is 13.0 Å². The molecular weight excluding hydrogens is 308 g/mol. The Morgan fingerprint density at radius 1 is 1.13 bits per heavy atom. The SMILES string of the molecule is Cc1cccc(NC(=S)Nn2c(C)nc3ccccc3c2=O)c1. The fourth-order valence-electron chi connectivity index (χ4n) is 2.36. The summed E-state index contributed by atoms with van der Waals surface area (Å²) >= 11 is 5.29. The van der Waals surface area contributed by atoms with E-state index in [-0.39, 0.29) is 5.56 Å². The number of hydrogen-bond donors (Lipinski definition) is 2. The Balaban J connectivity index is 1.89. The first-order valence-corrected chi connectivity index (χ1v) is 7.58. The Bertz CT molecular complexity index is 949. The number of thiocarbonyl (C=S) groups is 1. The van der Waals surface area contributed by atoms with Crippen molar-refractivity contribution in [1.29, 1.82) is 0 Å². The fraction of sp³-hybridized carbons (Fsp3) is 0.118. The van der Waals surface area contributed by atoms with E-state index in [0.717, 1.165) is 11.3 Å². The van der Waals surface area contributed by atoms with Crippen molar-refractivity contribution in [2.45, 2.75) is 13.8 Å². The van der Waals surface area contributed by atoms with E-state index >= 15 is 0 Å². The third-order valence-electron chi connectivity index (χ3n) is 3.43. The second-order valence-corrected chi connectivity index (χ2v) is 5.66. The molecule has 0 fully saturated rings. The topological polar surface area (TPSA) is 58.9 Å². The van der Waals surface area contributed by atoms with Gasteiger partial charge < -0.3 is 5.32 Å². The number of aromatic nitrogens is 2. The average Bonchev–Trinajstić information content (AvgIpc) is 2.51. The lowest BCUT2D eigenvalue weighted by atomic mass is 10.2. The summed E-state index contributed by atoms with van der Waals surface area (Å²) in [5, 5.41) is 3.94. The van der Waals surface area contributed by atoms with Gasteiger partial charge in [0.15, 0.2) is 5.11 Å². The molecule has 6 heteroatoms. The van der Waals surface area contributed by atoms with Crippen molar-refractivity contribution < 1.29 is 0 Å². The molecule has 3 aromatic rings. The molecule has 0 amide bonds. The summed E-state index contributed by atoms with van der Waals surface area (Å²) in [6.45, 7) is 3.76. The van der Waals surface area contributed by atoms with Crippen molar-refractivity contribution in [3.8, 4) is 0 Å². The molecule has 0 bridgehead atoms. The third kappa shape index (κ3) is 3.22. The molecule has 0 saturated heterocycles. The zero-order valence-corrected chi connectivity index (χ0v) is 13.6. The highest BCUT2D eigenvalue weighted by Crippen LogP contribution is 2.10. The highest BCUT2D eigenvalue weighted by molar-refractivity contribution is 7.80. The van der Waals surface area contributed by atoms with Gasteiger partial charge in [-0.05, 0) is 55.9 Å². The molecule has 116 valence electrons. The van der Waals surface area contributed by atoms with E-state index in [0.29, 0.717) is 21.8 Å². The van der Waals surface area contributed by atoms with E-state index in [4.69, 9.17) is 12.2 Å². The van der Waals surface area contributed by atoms with Crippen molar-refractivity contribution in [2.75, 3.05) is 10.7 Å². The first kappa shape index (κ1) is 15.2. The number of nitrogens with one attached hydrogen (secondary N) is 2. The van der Waals surface area contributed by atoms with Gasteiger partial charge in [-0.15, -0.1) is 0 Å². The van der Waals surface area contributed by atoms with E-state index in [2.05, 4.69) is 15.7 Å². The Labute approximate surface area is 139 Å². The van der Waals surface area contributed by atoms with E-state index in [1.807, 2.05) is 49.4 Å². The molecule has 1 aromatic heterocycles. The number of aryl methyl sites for hydroxylation is 2. The monoisotopic (exact) mass is 324 g/mol. The predicted octanol–water partition coefficient (Wildman–Crippen LogP) is 2.95. The lowest BCUT2D eigenvalue weighted by molar-refractivity contribution is 0.838. The third-order valence-corrected chi connectivity index (χ3v) is 3.63. The Kier molecular flexibility index (Phi) is 4.08. The van der Waals surface area contributed by atoms with E-state index < -0.39 is 0 Å². The van der Waals surface area contributed by atoms with Crippen LogP contribution in [-0.2, 0) is 0 Å². The molecule has 0 aliphatic carbocycles. The summed E-state index contributed by atoms with van der Waals surface area (Å²) in [5.74, 6) is 0.544. The summed E-state index contributed by atoms with van der Waals surface area (Å²) in [5.41, 5.74) is 5.38. The van der Waals surface area contributed by atoms with Crippen LogP contribution in [0, 0.1) is 13.8 Å². The van der Waals surface area contributed by atoms with Gasteiger partial charge in [-0.25, -0.2) is 9.66 Å². The molecule has 23 heavy (non-hydrogen) atoms. The number of nitrogens with zero attached hydrogens (tertiary/aromatic N) is 2. The van der Waals surface area contributed by atoms with Gasteiger partial charge >= 0.3 is 0 Å². The summed E-state index contributed by atoms with van der Waals surface area (Å²) in [6, 6.07) is 15.1. The van der Waals surface area contributed by atoms with Gasteiger partial charge in [0.1, 0.15) is 5.82 Å². The van der Waals surface area contributed by atoms with Crippen molar-refractivity contribution in [3.63, 3.8) is 0 Å². The zero-order valence-electron chi connectivity index (χ0n) is 12.8. The molecule has 0 aliphatic heterocycles. The molecule has 3 rings (SSSR count). The van der Waals surface area contributed by atoms with Gasteiger partial charge in [0.05, 0.1) is 10.9 Å². The second kappa shape index (κ2) is 6.18. The molecule has 0 unspecified atom stereocenters. The van der Waals surface area contributed by atoms with Crippen LogP contribution in [0.5, 0.6) is 0 Å². The Morgan fingerprint density at radius 3 is 2.70 bits per heavy atom. The quantitative estimate of drug-likeness (QED) is 0.710. The van der Waals surface area contributed by atoms with Crippen LogP contribution in [0.1, 0.15) is 11.4 Å². The fourth-order valence-corrected chi connectivity index (χ4v) is 2.57. The molecule has 0 spiro atoms. The van der Waals surface area contributed by atoms with Gasteiger partial charge in [0.25, 0.3) is 5.56 Å². The molecule has 0 saturated carbocycles. The molecule has 2 N–H and O–H groups in total. The molecule has 5 nitrogen and oxygen atoms in total. The highest BCUT2D eigenvalue weighted by Gasteiger charge is 2.08. The second-order valence-electron chi connectivity index (χ2n) is 5.25. The number of benzene rings is 2. The lowest BCUT2D eigenvalue weighted by Crippen LogP contribution is -2.37. The average molecular weight is 324 g/mol. The number of para-hydroxylation sites is 1. The van der Waals surface area contributed by atoms with Crippen LogP contribution < -0.4 is 16.3 Å². The van der Waals surface area contributed by atoms with Gasteiger partial charge in [0, 0.05) is 5.69 Å². The van der Waals surface area contributed by atoms with Crippen LogP contribution in [0.15, 0.2) is 53.3 Å². The predicted molar refractivity (Wildman–Crippen MR) is 97.5 cm³/mol. The summed E-state index contributed by atoms with van der Waals surface area (Å²) < 4.78 is 1.35. The van der Waals surface area contributed by atoms with Crippen LogP contribution in [-0.4, -0.2) is 14.8 Å². The lowest BCUT2D eigenvalue weighted by Gasteiger charge is -2.15. The summed E-state index contributed by atoms with van der Waals surface area (Å²) in [4.78, 5) is 17.0. The minimum absolute atomic E-state index is 0.179. The maximum Gasteiger partial charge on any atom is 0.280 e. The number of anilines is 1. The zero-order chi connectivity index (χ0) is 16.4. The van der Waals surface area contributed by atoms with E-state index in [9.17, 15) is 4.79 Å². The Hall–Kier alpha value is -2.73. The van der Waals surface area contributed by atoms with Crippen molar-refractivity contribution in [2.24, 2.45) is 0 Å². The van der Waals surface area contributed by atoms with Gasteiger partial charge in [-0.3, -0.25) is 10.2 Å². The van der Waals surface area contributed by atoms with Crippen LogP contribution in [0.2, 0.25) is 0 Å².